The van der Waals surface area contributed by atoms with Gasteiger partial charge in [-0.2, -0.15) is 17.6 Å². The number of fused-ring (bicyclic) bond motifs is 7. The summed E-state index contributed by atoms with van der Waals surface area (Å²) in [5.41, 5.74) is 2.38. The zero-order valence-electron chi connectivity index (χ0n) is 29.3. The highest BCUT2D eigenvalue weighted by atomic mass is 32.2. The Labute approximate surface area is 302 Å². The summed E-state index contributed by atoms with van der Waals surface area (Å²) in [6.45, 7) is 11.5. The molecular formula is C35H39F3N4O8S2. The number of nitrogens with zero attached hydrogens (tertiary/aromatic N) is 3. The number of carbonyl (C=O) groups is 1. The highest BCUT2D eigenvalue weighted by Gasteiger charge is 2.44. The highest BCUT2D eigenvalue weighted by Crippen LogP contribution is 2.51. The topological polar surface area (TPSA) is 135 Å². The molecule has 0 saturated heterocycles. The molecule has 12 nitrogen and oxygen atoms in total. The number of halogens is 3. The van der Waals surface area contributed by atoms with Crippen LogP contribution in [-0.4, -0.2) is 68.0 Å². The number of nitrogens with one attached hydrogen (secondary N) is 1. The third-order valence-corrected chi connectivity index (χ3v) is 11.1. The molecule has 8 rings (SSSR count). The zero-order valence-corrected chi connectivity index (χ0v) is 30.9. The van der Waals surface area contributed by atoms with Crippen molar-refractivity contribution in [3.63, 3.8) is 0 Å². The van der Waals surface area contributed by atoms with Crippen LogP contribution in [0.15, 0.2) is 24.3 Å². The number of benzene rings is 2. The minimum Gasteiger partial charge on any atom is -0.741 e. The van der Waals surface area contributed by atoms with E-state index in [-0.39, 0.29) is 30.8 Å². The lowest BCUT2D eigenvalue weighted by molar-refractivity contribution is -0.684. The smallest absolute Gasteiger partial charge is 0.485 e. The van der Waals surface area contributed by atoms with Gasteiger partial charge in [0.05, 0.1) is 29.5 Å². The van der Waals surface area contributed by atoms with Crippen molar-refractivity contribution in [2.45, 2.75) is 76.9 Å². The Morgan fingerprint density at radius 3 is 2.48 bits per heavy atom. The summed E-state index contributed by atoms with van der Waals surface area (Å²) in [6, 6.07) is 8.20. The summed E-state index contributed by atoms with van der Waals surface area (Å²) in [5.74, 6) is 3.22. The number of aryl methyl sites for hydroxylation is 2. The number of imidazole rings is 1. The first-order valence-electron chi connectivity index (χ1n) is 16.9. The molecule has 4 aromatic rings. The highest BCUT2D eigenvalue weighted by molar-refractivity contribution is 7.86. The van der Waals surface area contributed by atoms with E-state index in [1.54, 1.807) is 11.3 Å². The van der Waals surface area contributed by atoms with Gasteiger partial charge in [0.2, 0.25) is 18.3 Å². The Kier molecular flexibility index (Phi) is 9.05. The van der Waals surface area contributed by atoms with Gasteiger partial charge in [0.1, 0.15) is 18.4 Å². The fourth-order valence-corrected chi connectivity index (χ4v) is 8.69. The van der Waals surface area contributed by atoms with Crippen LogP contribution in [0.25, 0.3) is 27.5 Å². The molecule has 0 fully saturated rings. The predicted molar refractivity (Wildman–Crippen MR) is 186 cm³/mol. The lowest BCUT2D eigenvalue weighted by atomic mass is 9.88. The van der Waals surface area contributed by atoms with E-state index >= 15 is 0 Å². The second-order valence-electron chi connectivity index (χ2n) is 14.2. The molecule has 0 aliphatic carbocycles. The number of carbonyl (C=O) groups excluding carboxylic acids is 1. The van der Waals surface area contributed by atoms with E-state index in [1.807, 2.05) is 12.1 Å². The van der Waals surface area contributed by atoms with Gasteiger partial charge in [-0.3, -0.25) is 4.79 Å². The maximum absolute atomic E-state index is 12.9. The van der Waals surface area contributed by atoms with E-state index in [4.69, 9.17) is 31.9 Å². The second kappa shape index (κ2) is 13.0. The van der Waals surface area contributed by atoms with Gasteiger partial charge in [-0.25, -0.2) is 13.0 Å². The number of esters is 1. The normalized spacial score (nSPS) is 17.6. The van der Waals surface area contributed by atoms with Crippen LogP contribution in [0.4, 0.5) is 24.7 Å². The minimum atomic E-state index is -6.09. The SMILES string of the molecule is COC(=O)CC1COc2c(cc3c4c2CCCN4CCC3)-c2c(NC(C)(C)C)n3c(-c4cccc5c4OCO5)c(C)sc3[n+]21.O=S(=O)([O-])C(F)(F)F. The van der Waals surface area contributed by atoms with E-state index in [2.05, 4.69) is 59.0 Å². The van der Waals surface area contributed by atoms with Crippen molar-refractivity contribution < 1.29 is 54.5 Å². The number of para-hydroxylation sites is 1. The molecule has 1 N–H and O–H groups in total. The van der Waals surface area contributed by atoms with Crippen molar-refractivity contribution in [2.75, 3.05) is 43.8 Å². The van der Waals surface area contributed by atoms with E-state index in [0.29, 0.717) is 6.61 Å². The first kappa shape index (κ1) is 36.2. The predicted octanol–water partition coefficient (Wildman–Crippen LogP) is 6.12. The Bertz CT molecular complexity index is 2190. The quantitative estimate of drug-likeness (QED) is 0.112. The summed E-state index contributed by atoms with van der Waals surface area (Å²) < 4.78 is 87.4. The van der Waals surface area contributed by atoms with E-state index in [9.17, 15) is 18.0 Å². The van der Waals surface area contributed by atoms with Gasteiger partial charge in [-0.05, 0) is 77.1 Å². The lowest BCUT2D eigenvalue weighted by Gasteiger charge is -2.38. The van der Waals surface area contributed by atoms with E-state index < -0.39 is 15.6 Å². The minimum absolute atomic E-state index is 0.208. The molecular weight excluding hydrogens is 726 g/mol. The van der Waals surface area contributed by atoms with Crippen molar-refractivity contribution in [1.82, 2.24) is 4.40 Å². The van der Waals surface area contributed by atoms with Crippen LogP contribution in [-0.2, 0) is 32.5 Å². The maximum Gasteiger partial charge on any atom is 0.485 e. The molecule has 280 valence electrons. The second-order valence-corrected chi connectivity index (χ2v) is 16.7. The summed E-state index contributed by atoms with van der Waals surface area (Å²) in [6.07, 6.45) is 4.52. The van der Waals surface area contributed by atoms with Gasteiger partial charge in [-0.15, -0.1) is 0 Å². The molecule has 52 heavy (non-hydrogen) atoms. The van der Waals surface area contributed by atoms with Gasteiger partial charge in [0, 0.05) is 29.9 Å². The summed E-state index contributed by atoms with van der Waals surface area (Å²) in [4.78, 5) is 17.6. The van der Waals surface area contributed by atoms with Crippen LogP contribution in [0.5, 0.6) is 17.2 Å². The van der Waals surface area contributed by atoms with Crippen molar-refractivity contribution in [3.05, 3.63) is 40.3 Å². The average Bonchev–Trinajstić information content (AvgIpc) is 3.72. The van der Waals surface area contributed by atoms with Crippen molar-refractivity contribution in [1.29, 1.82) is 0 Å². The molecule has 0 bridgehead atoms. The maximum atomic E-state index is 12.9. The van der Waals surface area contributed by atoms with Gasteiger partial charge >= 0.3 is 16.4 Å². The molecule has 0 radical (unpaired) electrons. The van der Waals surface area contributed by atoms with Crippen LogP contribution in [0.3, 0.4) is 0 Å². The number of thiazole rings is 1. The molecule has 6 heterocycles. The Morgan fingerprint density at radius 2 is 1.81 bits per heavy atom. The van der Waals surface area contributed by atoms with Crippen molar-refractivity contribution >= 4 is 43.9 Å². The van der Waals surface area contributed by atoms with Gasteiger partial charge in [0.25, 0.3) is 0 Å². The molecule has 2 aromatic heterocycles. The molecule has 0 amide bonds. The van der Waals surface area contributed by atoms with Crippen LogP contribution in [0, 0.1) is 6.92 Å². The Balaban J connectivity index is 0.000000474. The van der Waals surface area contributed by atoms with Gasteiger partial charge in [-0.1, -0.05) is 17.4 Å². The fraction of sp³-hybridized carbons (Fsp3) is 0.486. The molecule has 1 atom stereocenters. The van der Waals surface area contributed by atoms with Gasteiger partial charge < -0.3 is 33.7 Å². The zero-order chi connectivity index (χ0) is 37.3. The first-order valence-corrected chi connectivity index (χ1v) is 19.1. The Hall–Kier alpha value is -4.22. The number of aromatic nitrogens is 2. The third kappa shape index (κ3) is 6.29. The summed E-state index contributed by atoms with van der Waals surface area (Å²) in [7, 11) is -4.63. The van der Waals surface area contributed by atoms with Crippen LogP contribution in [0.1, 0.15) is 62.1 Å². The number of methoxy groups -OCH3 is 1. The largest absolute Gasteiger partial charge is 0.741 e. The number of anilines is 2. The number of alkyl halides is 3. The van der Waals surface area contributed by atoms with Crippen LogP contribution in [0.2, 0.25) is 0 Å². The molecule has 4 aliphatic rings. The van der Waals surface area contributed by atoms with Crippen molar-refractivity contribution in [2.24, 2.45) is 0 Å². The monoisotopic (exact) mass is 764 g/mol. The molecule has 0 saturated carbocycles. The summed E-state index contributed by atoms with van der Waals surface area (Å²) >= 11 is 1.73. The van der Waals surface area contributed by atoms with Crippen LogP contribution < -0.4 is 29.0 Å². The number of hydrogen-bond donors (Lipinski definition) is 1. The molecule has 4 aliphatic heterocycles. The van der Waals surface area contributed by atoms with Gasteiger partial charge in [0.15, 0.2) is 27.3 Å². The third-order valence-electron chi connectivity index (χ3n) is 9.46. The first-order chi connectivity index (χ1) is 24.5. The average molecular weight is 765 g/mol. The van der Waals surface area contributed by atoms with Crippen molar-refractivity contribution in [3.8, 4) is 39.8 Å². The number of hydrogen-bond acceptors (Lipinski definition) is 11. The van der Waals surface area contributed by atoms with E-state index in [0.717, 1.165) is 94.2 Å². The molecule has 1 unspecified atom stereocenters. The van der Waals surface area contributed by atoms with E-state index in [1.165, 1.54) is 23.9 Å². The van der Waals surface area contributed by atoms with Crippen LogP contribution >= 0.6 is 11.3 Å². The molecule has 17 heteroatoms. The Morgan fingerprint density at radius 1 is 1.10 bits per heavy atom. The molecule has 2 aromatic carbocycles. The standard InChI is InChI=1S/C34H39N4O5S.CHF3O3S/c1-19-27(22-10-6-12-25-31(22)43-18-42-25)38-32(35-34(2,3)4)29-24-15-20-9-7-13-36-14-8-11-23(28(20)36)30(24)41-17-21(16-26(39)40-5)37(29)33(38)44-19;2-1(3,4)8(5,6)7/h6,10,12,15,21,35H,7-9,11,13-14,16-18H2,1-5H3;(H,5,6,7)/q+1;/p-1. The fourth-order valence-electron chi connectivity index (χ4n) is 7.51. The molecule has 0 spiro atoms. The number of ether oxygens (including phenoxy) is 4. The number of rotatable bonds is 4. The lowest BCUT2D eigenvalue weighted by Crippen LogP contribution is -2.43. The summed E-state index contributed by atoms with van der Waals surface area (Å²) in [5, 5.41) is 3.91.